The zero-order valence-electron chi connectivity index (χ0n) is 23.0. The summed E-state index contributed by atoms with van der Waals surface area (Å²) in [4.78, 5) is 12.5. The molecule has 0 aromatic heterocycles. The second-order valence-corrected chi connectivity index (χ2v) is 11.7. The molecule has 0 saturated heterocycles. The molecular weight excluding hydrogens is 466 g/mol. The van der Waals surface area contributed by atoms with Crippen molar-refractivity contribution in [3.05, 3.63) is 65.2 Å². The predicted octanol–water partition coefficient (Wildman–Crippen LogP) is 10.1. The molecule has 3 nitrogen and oxygen atoms in total. The molecule has 1 unspecified atom stereocenters. The highest BCUT2D eigenvalue weighted by atomic mass is 35.5. The molecule has 0 aliphatic rings. The number of phenolic OH excluding ortho intramolecular Hbond substituents is 1. The van der Waals surface area contributed by atoms with Gasteiger partial charge >= 0.3 is 0 Å². The maximum atomic E-state index is 12.7. The molecule has 4 heteroatoms. The molecule has 0 aliphatic carbocycles. The fourth-order valence-electron chi connectivity index (χ4n) is 4.82. The molecular formula is C32H50ClNO2. The Balaban J connectivity index is 0.00000648. The van der Waals surface area contributed by atoms with Gasteiger partial charge in [-0.2, -0.15) is 0 Å². The van der Waals surface area contributed by atoms with Crippen LogP contribution in [-0.2, 0) is 6.42 Å². The van der Waals surface area contributed by atoms with Gasteiger partial charge in [-0.1, -0.05) is 120 Å². The Morgan fingerprint density at radius 2 is 1.31 bits per heavy atom. The van der Waals surface area contributed by atoms with E-state index in [9.17, 15) is 9.90 Å². The first kappa shape index (κ1) is 32.2. The summed E-state index contributed by atoms with van der Waals surface area (Å²) in [7, 11) is 0. The molecule has 0 aliphatic heterocycles. The number of para-hydroxylation sites is 1. The van der Waals surface area contributed by atoms with Crippen LogP contribution in [0.15, 0.2) is 48.5 Å². The quantitative estimate of drug-likeness (QED) is 0.118. The average molecular weight is 516 g/mol. The molecule has 0 radical (unpaired) electrons. The lowest BCUT2D eigenvalue weighted by Crippen LogP contribution is -2.26. The summed E-state index contributed by atoms with van der Waals surface area (Å²) in [6, 6.07) is 14.5. The Hall–Kier alpha value is -1.84. The zero-order chi connectivity index (χ0) is 25.5. The van der Waals surface area contributed by atoms with Gasteiger partial charge in [0, 0.05) is 10.4 Å². The van der Waals surface area contributed by atoms with Crippen LogP contribution < -0.4 is 6.15 Å². The Morgan fingerprint density at radius 3 is 1.81 bits per heavy atom. The first-order valence-electron chi connectivity index (χ1n) is 13.9. The van der Waals surface area contributed by atoms with Crippen LogP contribution in [0.25, 0.3) is 0 Å². The molecule has 0 fully saturated rings. The number of carbonyl (C=O) groups excluding carboxylic acids is 1. The van der Waals surface area contributed by atoms with Gasteiger partial charge in [0.15, 0.2) is 5.78 Å². The van der Waals surface area contributed by atoms with Crippen LogP contribution in [-0.4, -0.2) is 15.8 Å². The van der Waals surface area contributed by atoms with Gasteiger partial charge in [-0.15, -0.1) is 11.6 Å². The largest absolute Gasteiger partial charge is 0.507 e. The number of rotatable bonds is 18. The van der Waals surface area contributed by atoms with Gasteiger partial charge in [0.1, 0.15) is 5.75 Å². The smallest absolute Gasteiger partial charge is 0.196 e. The molecule has 0 spiro atoms. The molecule has 0 amide bonds. The van der Waals surface area contributed by atoms with E-state index >= 15 is 0 Å². The Kier molecular flexibility index (Phi) is 15.7. The molecule has 4 N–H and O–H groups in total. The zero-order valence-corrected chi connectivity index (χ0v) is 23.8. The van der Waals surface area contributed by atoms with Crippen LogP contribution >= 0.6 is 11.6 Å². The summed E-state index contributed by atoms with van der Waals surface area (Å²) in [6.07, 6.45) is 18.4. The van der Waals surface area contributed by atoms with Crippen LogP contribution in [0.1, 0.15) is 126 Å². The minimum absolute atomic E-state index is 0. The van der Waals surface area contributed by atoms with Crippen LogP contribution in [0.4, 0.5) is 0 Å². The summed E-state index contributed by atoms with van der Waals surface area (Å²) in [6.45, 7) is 6.52. The van der Waals surface area contributed by atoms with E-state index in [1.165, 1.54) is 82.6 Å². The Labute approximate surface area is 225 Å². The highest BCUT2D eigenvalue weighted by Crippen LogP contribution is 2.32. The van der Waals surface area contributed by atoms with Crippen molar-refractivity contribution in [2.24, 2.45) is 5.92 Å². The molecule has 2 rings (SSSR count). The molecule has 2 aromatic rings. The van der Waals surface area contributed by atoms with Crippen molar-refractivity contribution in [1.82, 2.24) is 6.15 Å². The maximum absolute atomic E-state index is 12.7. The SMILES string of the molecule is CCCCCCCCCCCCCCC(Cc1ccc(C(=O)c2ccccc2O)cc1)C(C)(C)Cl.N. The fraction of sp³-hybridized carbons (Fsp3) is 0.594. The Bertz CT molecular complexity index is 857. The van der Waals surface area contributed by atoms with Crippen LogP contribution in [0.5, 0.6) is 5.75 Å². The third kappa shape index (κ3) is 11.9. The van der Waals surface area contributed by atoms with E-state index in [0.717, 1.165) is 12.8 Å². The fourth-order valence-corrected chi connectivity index (χ4v) is 5.00. The minimum Gasteiger partial charge on any atom is -0.507 e. The average Bonchev–Trinajstić information content (AvgIpc) is 2.83. The standard InChI is InChI=1S/C32H47ClO2.H3N/c1-4-5-6-7-8-9-10-11-12-13-14-15-18-28(32(2,3)33)25-26-21-23-27(24-22-26)31(35)29-19-16-17-20-30(29)34;/h16-17,19-24,28,34H,4-15,18,25H2,1-3H3;1H3. The lowest BCUT2D eigenvalue weighted by atomic mass is 9.84. The molecule has 0 saturated carbocycles. The first-order chi connectivity index (χ1) is 16.8. The molecule has 0 bridgehead atoms. The normalized spacial score (nSPS) is 12.2. The molecule has 2 aromatic carbocycles. The lowest BCUT2D eigenvalue weighted by Gasteiger charge is -2.29. The summed E-state index contributed by atoms with van der Waals surface area (Å²) in [5.41, 5.74) is 2.14. The lowest BCUT2D eigenvalue weighted by molar-refractivity contribution is 0.103. The highest BCUT2D eigenvalue weighted by Gasteiger charge is 2.26. The van der Waals surface area contributed by atoms with E-state index in [4.69, 9.17) is 11.6 Å². The van der Waals surface area contributed by atoms with Crippen LogP contribution in [0.2, 0.25) is 0 Å². The number of hydrogen-bond donors (Lipinski definition) is 2. The number of carbonyl (C=O) groups is 1. The molecule has 0 heterocycles. The van der Waals surface area contributed by atoms with E-state index in [-0.39, 0.29) is 22.6 Å². The van der Waals surface area contributed by atoms with Gasteiger partial charge in [-0.3, -0.25) is 4.79 Å². The monoisotopic (exact) mass is 515 g/mol. The summed E-state index contributed by atoms with van der Waals surface area (Å²) >= 11 is 6.79. The van der Waals surface area contributed by atoms with Crippen molar-refractivity contribution >= 4 is 17.4 Å². The number of halogens is 1. The number of ketones is 1. The predicted molar refractivity (Wildman–Crippen MR) is 156 cm³/mol. The van der Waals surface area contributed by atoms with E-state index < -0.39 is 0 Å². The van der Waals surface area contributed by atoms with Gasteiger partial charge in [0.05, 0.1) is 5.56 Å². The van der Waals surface area contributed by atoms with Crippen molar-refractivity contribution in [3.63, 3.8) is 0 Å². The number of hydrogen-bond acceptors (Lipinski definition) is 3. The number of alkyl halides is 1. The van der Waals surface area contributed by atoms with E-state index in [1.807, 2.05) is 24.3 Å². The second-order valence-electron chi connectivity index (χ2n) is 10.7. The molecule has 202 valence electrons. The summed E-state index contributed by atoms with van der Waals surface area (Å²) in [5, 5.41) is 9.98. The van der Waals surface area contributed by atoms with Gasteiger partial charge in [-0.05, 0) is 50.3 Å². The van der Waals surface area contributed by atoms with Crippen molar-refractivity contribution < 1.29 is 9.90 Å². The highest BCUT2D eigenvalue weighted by molar-refractivity contribution is 6.23. The first-order valence-corrected chi connectivity index (χ1v) is 14.3. The van der Waals surface area contributed by atoms with E-state index in [2.05, 4.69) is 20.8 Å². The van der Waals surface area contributed by atoms with Gasteiger partial charge < -0.3 is 11.3 Å². The molecule has 1 atom stereocenters. The van der Waals surface area contributed by atoms with Crippen LogP contribution in [0.3, 0.4) is 0 Å². The maximum Gasteiger partial charge on any atom is 0.196 e. The van der Waals surface area contributed by atoms with Crippen molar-refractivity contribution in [3.8, 4) is 5.75 Å². The van der Waals surface area contributed by atoms with Crippen LogP contribution in [0, 0.1) is 5.92 Å². The van der Waals surface area contributed by atoms with Gasteiger partial charge in [0.25, 0.3) is 0 Å². The van der Waals surface area contributed by atoms with Gasteiger partial charge in [0.2, 0.25) is 0 Å². The Morgan fingerprint density at radius 1 is 0.806 bits per heavy atom. The van der Waals surface area contributed by atoms with Gasteiger partial charge in [-0.25, -0.2) is 0 Å². The third-order valence-electron chi connectivity index (χ3n) is 7.22. The number of phenols is 1. The number of unbranched alkanes of at least 4 members (excludes halogenated alkanes) is 11. The molecule has 36 heavy (non-hydrogen) atoms. The van der Waals surface area contributed by atoms with Crippen molar-refractivity contribution in [1.29, 1.82) is 0 Å². The number of benzene rings is 2. The minimum atomic E-state index is -0.262. The second kappa shape index (κ2) is 17.6. The van der Waals surface area contributed by atoms with Crippen molar-refractivity contribution in [2.45, 2.75) is 116 Å². The van der Waals surface area contributed by atoms with E-state index in [0.29, 0.717) is 17.0 Å². The number of aromatic hydroxyl groups is 1. The van der Waals surface area contributed by atoms with Crippen molar-refractivity contribution in [2.75, 3.05) is 0 Å². The summed E-state index contributed by atoms with van der Waals surface area (Å²) < 4.78 is 0. The topological polar surface area (TPSA) is 72.3 Å². The third-order valence-corrected chi connectivity index (χ3v) is 7.53. The van der Waals surface area contributed by atoms with E-state index in [1.54, 1.807) is 24.3 Å². The summed E-state index contributed by atoms with van der Waals surface area (Å²) in [5.74, 6) is 0.264.